The zero-order valence-electron chi connectivity index (χ0n) is 8.94. The Labute approximate surface area is 98.0 Å². The highest BCUT2D eigenvalue weighted by Gasteiger charge is 2.21. The van der Waals surface area contributed by atoms with E-state index < -0.39 is 0 Å². The molecule has 3 heterocycles. The summed E-state index contributed by atoms with van der Waals surface area (Å²) in [4.78, 5) is 11.9. The van der Waals surface area contributed by atoms with Crippen molar-refractivity contribution in [1.29, 1.82) is 0 Å². The largest absolute Gasteiger partial charge is 0.384 e. The monoisotopic (exact) mass is 234 g/mol. The SMILES string of the molecule is Nc1cc2[nH]cnc2c(C2CCCSC2)n1. The summed E-state index contributed by atoms with van der Waals surface area (Å²) in [5.41, 5.74) is 8.88. The van der Waals surface area contributed by atoms with Crippen LogP contribution in [-0.4, -0.2) is 26.5 Å². The molecule has 1 unspecified atom stereocenters. The van der Waals surface area contributed by atoms with Crippen LogP contribution < -0.4 is 5.73 Å². The third-order valence-electron chi connectivity index (χ3n) is 3.00. The number of aromatic amines is 1. The molecule has 0 radical (unpaired) electrons. The Morgan fingerprint density at radius 3 is 3.25 bits per heavy atom. The molecule has 2 aromatic heterocycles. The van der Waals surface area contributed by atoms with Gasteiger partial charge in [-0.3, -0.25) is 0 Å². The van der Waals surface area contributed by atoms with Gasteiger partial charge in [-0.2, -0.15) is 11.8 Å². The summed E-state index contributed by atoms with van der Waals surface area (Å²) in [7, 11) is 0. The molecule has 1 atom stereocenters. The standard InChI is InChI=1S/C11H14N4S/c12-9-4-8-11(14-6-13-8)10(15-9)7-2-1-3-16-5-7/h4,6-7H,1-3,5H2,(H2,12,15)(H,13,14). The molecule has 16 heavy (non-hydrogen) atoms. The first-order valence-electron chi connectivity index (χ1n) is 5.52. The van der Waals surface area contributed by atoms with Crippen LogP contribution in [0.4, 0.5) is 5.82 Å². The Bertz CT molecular complexity index is 502. The maximum Gasteiger partial charge on any atom is 0.125 e. The van der Waals surface area contributed by atoms with Gasteiger partial charge in [0.15, 0.2) is 0 Å². The fraction of sp³-hybridized carbons (Fsp3) is 0.455. The highest BCUT2D eigenvalue weighted by molar-refractivity contribution is 7.99. The van der Waals surface area contributed by atoms with Crippen molar-refractivity contribution in [3.05, 3.63) is 18.1 Å². The van der Waals surface area contributed by atoms with E-state index in [0.717, 1.165) is 22.5 Å². The van der Waals surface area contributed by atoms with Crippen molar-refractivity contribution in [3.8, 4) is 0 Å². The molecule has 1 aliphatic heterocycles. The van der Waals surface area contributed by atoms with Crippen LogP contribution in [0.3, 0.4) is 0 Å². The summed E-state index contributed by atoms with van der Waals surface area (Å²) in [5, 5.41) is 0. The number of anilines is 1. The molecule has 1 aliphatic rings. The van der Waals surface area contributed by atoms with Crippen molar-refractivity contribution < 1.29 is 0 Å². The van der Waals surface area contributed by atoms with Crippen molar-refractivity contribution in [2.24, 2.45) is 0 Å². The van der Waals surface area contributed by atoms with Gasteiger partial charge in [-0.25, -0.2) is 9.97 Å². The van der Waals surface area contributed by atoms with Gasteiger partial charge in [0.25, 0.3) is 0 Å². The van der Waals surface area contributed by atoms with Gasteiger partial charge >= 0.3 is 0 Å². The number of H-pyrrole nitrogens is 1. The van der Waals surface area contributed by atoms with E-state index in [-0.39, 0.29) is 0 Å². The minimum Gasteiger partial charge on any atom is -0.384 e. The van der Waals surface area contributed by atoms with Gasteiger partial charge in [-0.1, -0.05) is 0 Å². The fourth-order valence-corrected chi connectivity index (χ4v) is 3.38. The van der Waals surface area contributed by atoms with E-state index in [0.29, 0.717) is 11.7 Å². The van der Waals surface area contributed by atoms with Gasteiger partial charge in [0, 0.05) is 17.7 Å². The normalized spacial score (nSPS) is 21.4. The topological polar surface area (TPSA) is 67.6 Å². The average Bonchev–Trinajstić information content (AvgIpc) is 2.77. The lowest BCUT2D eigenvalue weighted by atomic mass is 10.00. The lowest BCUT2D eigenvalue weighted by Gasteiger charge is -2.21. The molecule has 0 spiro atoms. The molecule has 1 saturated heterocycles. The third-order valence-corrected chi connectivity index (χ3v) is 4.22. The molecule has 1 fully saturated rings. The fourth-order valence-electron chi connectivity index (χ4n) is 2.23. The highest BCUT2D eigenvalue weighted by Crippen LogP contribution is 2.33. The Morgan fingerprint density at radius 1 is 1.50 bits per heavy atom. The Morgan fingerprint density at radius 2 is 2.44 bits per heavy atom. The summed E-state index contributed by atoms with van der Waals surface area (Å²) in [6, 6.07) is 1.85. The maximum atomic E-state index is 5.82. The van der Waals surface area contributed by atoms with Crippen molar-refractivity contribution in [2.75, 3.05) is 17.2 Å². The van der Waals surface area contributed by atoms with Gasteiger partial charge in [0.2, 0.25) is 0 Å². The minimum atomic E-state index is 0.507. The second-order valence-corrected chi connectivity index (χ2v) is 5.29. The quantitative estimate of drug-likeness (QED) is 0.793. The van der Waals surface area contributed by atoms with Crippen molar-refractivity contribution in [3.63, 3.8) is 0 Å². The maximum absolute atomic E-state index is 5.82. The van der Waals surface area contributed by atoms with Crippen molar-refractivity contribution in [1.82, 2.24) is 15.0 Å². The molecule has 0 aromatic carbocycles. The number of nitrogen functional groups attached to an aromatic ring is 1. The van der Waals surface area contributed by atoms with E-state index >= 15 is 0 Å². The summed E-state index contributed by atoms with van der Waals surface area (Å²) < 4.78 is 0. The molecule has 84 valence electrons. The van der Waals surface area contributed by atoms with E-state index in [1.807, 2.05) is 17.8 Å². The first-order valence-corrected chi connectivity index (χ1v) is 6.67. The Balaban J connectivity index is 2.09. The zero-order chi connectivity index (χ0) is 11.0. The van der Waals surface area contributed by atoms with Crippen LogP contribution in [0, 0.1) is 0 Å². The average molecular weight is 234 g/mol. The number of imidazole rings is 1. The molecule has 0 saturated carbocycles. The Hall–Kier alpha value is -1.23. The number of aromatic nitrogens is 3. The number of hydrogen-bond acceptors (Lipinski definition) is 4. The number of nitrogens with zero attached hydrogens (tertiary/aromatic N) is 2. The Kier molecular flexibility index (Phi) is 2.47. The summed E-state index contributed by atoms with van der Waals surface area (Å²) in [5.74, 6) is 3.50. The van der Waals surface area contributed by atoms with Gasteiger partial charge in [-0.05, 0) is 18.6 Å². The molecule has 0 bridgehead atoms. The van der Waals surface area contributed by atoms with E-state index in [4.69, 9.17) is 5.73 Å². The van der Waals surface area contributed by atoms with Crippen LogP contribution in [0.15, 0.2) is 12.4 Å². The molecule has 2 aromatic rings. The lowest BCUT2D eigenvalue weighted by Crippen LogP contribution is -2.11. The summed E-state index contributed by atoms with van der Waals surface area (Å²) in [6.07, 6.45) is 4.17. The van der Waals surface area contributed by atoms with E-state index in [9.17, 15) is 0 Å². The number of nitrogens with one attached hydrogen (secondary N) is 1. The predicted octanol–water partition coefficient (Wildman–Crippen LogP) is 2.15. The number of pyridine rings is 1. The van der Waals surface area contributed by atoms with Crippen LogP contribution in [0.1, 0.15) is 24.5 Å². The smallest absolute Gasteiger partial charge is 0.125 e. The molecule has 3 N–H and O–H groups in total. The molecular weight excluding hydrogens is 220 g/mol. The molecule has 3 rings (SSSR count). The minimum absolute atomic E-state index is 0.507. The number of rotatable bonds is 1. The molecule has 0 aliphatic carbocycles. The number of fused-ring (bicyclic) bond motifs is 1. The zero-order valence-corrected chi connectivity index (χ0v) is 9.76. The first-order chi connectivity index (χ1) is 7.84. The lowest BCUT2D eigenvalue weighted by molar-refractivity contribution is 0.648. The van der Waals surface area contributed by atoms with E-state index in [1.54, 1.807) is 6.33 Å². The van der Waals surface area contributed by atoms with E-state index in [1.165, 1.54) is 18.6 Å². The van der Waals surface area contributed by atoms with Crippen LogP contribution in [0.2, 0.25) is 0 Å². The summed E-state index contributed by atoms with van der Waals surface area (Å²) in [6.45, 7) is 0. The second-order valence-electron chi connectivity index (χ2n) is 4.15. The third kappa shape index (κ3) is 1.65. The molecule has 0 amide bonds. The second kappa shape index (κ2) is 3.97. The van der Waals surface area contributed by atoms with Crippen LogP contribution >= 0.6 is 11.8 Å². The van der Waals surface area contributed by atoms with Gasteiger partial charge in [-0.15, -0.1) is 0 Å². The van der Waals surface area contributed by atoms with Crippen LogP contribution in [0.25, 0.3) is 11.0 Å². The first kappa shape index (κ1) is 9.96. The van der Waals surface area contributed by atoms with Gasteiger partial charge < -0.3 is 10.7 Å². The number of hydrogen-bond donors (Lipinski definition) is 2. The molecule has 5 heteroatoms. The highest BCUT2D eigenvalue weighted by atomic mass is 32.2. The van der Waals surface area contributed by atoms with Gasteiger partial charge in [0.1, 0.15) is 11.3 Å². The summed E-state index contributed by atoms with van der Waals surface area (Å²) >= 11 is 2.00. The van der Waals surface area contributed by atoms with Gasteiger partial charge in [0.05, 0.1) is 17.5 Å². The van der Waals surface area contributed by atoms with Crippen molar-refractivity contribution >= 4 is 28.6 Å². The van der Waals surface area contributed by atoms with Crippen LogP contribution in [0.5, 0.6) is 0 Å². The van der Waals surface area contributed by atoms with Crippen molar-refractivity contribution in [2.45, 2.75) is 18.8 Å². The predicted molar refractivity (Wildman–Crippen MR) is 67.6 cm³/mol. The number of nitrogens with two attached hydrogens (primary N) is 1. The molecular formula is C11H14N4S. The van der Waals surface area contributed by atoms with Crippen LogP contribution in [-0.2, 0) is 0 Å². The van der Waals surface area contributed by atoms with E-state index in [2.05, 4.69) is 15.0 Å². The number of thioether (sulfide) groups is 1. The molecule has 4 nitrogen and oxygen atoms in total.